The Morgan fingerprint density at radius 1 is 1.00 bits per heavy atom. The first-order chi connectivity index (χ1) is 13.6. The fourth-order valence-electron chi connectivity index (χ4n) is 2.26. The number of carbonyl (C=O) groups excluding carboxylic acids is 3. The van der Waals surface area contributed by atoms with Crippen molar-refractivity contribution in [3.05, 3.63) is 71.3 Å². The van der Waals surface area contributed by atoms with Crippen LogP contribution in [0, 0.1) is 0 Å². The molecule has 0 aliphatic heterocycles. The summed E-state index contributed by atoms with van der Waals surface area (Å²) in [5.41, 5.74) is 1.32. The molecular formula is C20H18NO7S-. The second-order valence-corrected chi connectivity index (χ2v) is 7.71. The van der Waals surface area contributed by atoms with Gasteiger partial charge in [0.1, 0.15) is 0 Å². The summed E-state index contributed by atoms with van der Waals surface area (Å²) in [5.74, 6) is -2.37. The Morgan fingerprint density at radius 2 is 1.55 bits per heavy atom. The zero-order chi connectivity index (χ0) is 21.6. The molecule has 2 aromatic carbocycles. The number of benzene rings is 2. The summed E-state index contributed by atoms with van der Waals surface area (Å²) in [6.45, 7) is 1.15. The van der Waals surface area contributed by atoms with Gasteiger partial charge in [-0.1, -0.05) is 18.2 Å². The highest BCUT2D eigenvalue weighted by atomic mass is 32.2. The van der Waals surface area contributed by atoms with E-state index in [4.69, 9.17) is 0 Å². The van der Waals surface area contributed by atoms with Crippen molar-refractivity contribution < 1.29 is 32.6 Å². The Hall–Kier alpha value is -3.30. The Labute approximate surface area is 167 Å². The number of carboxylic acid groups (broad SMARTS) is 1. The van der Waals surface area contributed by atoms with Gasteiger partial charge in [-0.05, 0) is 55.0 Å². The number of hydrogen-bond acceptors (Lipinski definition) is 7. The quantitative estimate of drug-likeness (QED) is 0.382. The SMILES string of the molecule is COC(=O)c1ccc(/C=C/C(=O)c2ccc(S(=O)(=O)N[C@@H](C)C(=O)[O-])cc2)cc1. The summed E-state index contributed by atoms with van der Waals surface area (Å²) >= 11 is 0. The predicted octanol–water partition coefficient (Wildman–Crippen LogP) is 0.786. The number of aliphatic carboxylic acids is 1. The molecular weight excluding hydrogens is 398 g/mol. The molecule has 2 aromatic rings. The zero-order valence-electron chi connectivity index (χ0n) is 15.6. The molecule has 0 heterocycles. The average Bonchev–Trinajstić information content (AvgIpc) is 2.71. The van der Waals surface area contributed by atoms with Crippen molar-refractivity contribution in [2.45, 2.75) is 17.9 Å². The van der Waals surface area contributed by atoms with E-state index in [1.807, 2.05) is 4.72 Å². The van der Waals surface area contributed by atoms with Crippen LogP contribution >= 0.6 is 0 Å². The highest BCUT2D eigenvalue weighted by molar-refractivity contribution is 7.89. The topological polar surface area (TPSA) is 130 Å². The van der Waals surface area contributed by atoms with E-state index < -0.39 is 28.0 Å². The number of ether oxygens (including phenoxy) is 1. The van der Waals surface area contributed by atoms with Gasteiger partial charge >= 0.3 is 5.97 Å². The lowest BCUT2D eigenvalue weighted by Crippen LogP contribution is -2.45. The molecule has 0 aromatic heterocycles. The van der Waals surface area contributed by atoms with Crippen LogP contribution < -0.4 is 9.83 Å². The number of methoxy groups -OCH3 is 1. The first kappa shape index (κ1) is 22.0. The predicted molar refractivity (Wildman–Crippen MR) is 102 cm³/mol. The molecule has 0 unspecified atom stereocenters. The van der Waals surface area contributed by atoms with Gasteiger partial charge < -0.3 is 14.6 Å². The van der Waals surface area contributed by atoms with Crippen LogP contribution in [0.4, 0.5) is 0 Å². The summed E-state index contributed by atoms with van der Waals surface area (Å²) in [5, 5.41) is 10.7. The van der Waals surface area contributed by atoms with Crippen LogP contribution in [0.5, 0.6) is 0 Å². The molecule has 1 atom stereocenters. The minimum atomic E-state index is -4.05. The number of carboxylic acids is 1. The normalized spacial score (nSPS) is 12.5. The Balaban J connectivity index is 2.09. The molecule has 1 N–H and O–H groups in total. The summed E-state index contributed by atoms with van der Waals surface area (Å²) in [6.07, 6.45) is 2.87. The van der Waals surface area contributed by atoms with Crippen molar-refractivity contribution in [2.24, 2.45) is 0 Å². The molecule has 0 spiro atoms. The number of rotatable bonds is 8. The molecule has 0 amide bonds. The summed E-state index contributed by atoms with van der Waals surface area (Å²) in [6, 6.07) is 10.1. The van der Waals surface area contributed by atoms with Crippen LogP contribution in [0.15, 0.2) is 59.5 Å². The third-order valence-electron chi connectivity index (χ3n) is 3.89. The van der Waals surface area contributed by atoms with Gasteiger partial charge in [-0.2, -0.15) is 0 Å². The molecule has 0 fully saturated rings. The van der Waals surface area contributed by atoms with Crippen molar-refractivity contribution in [3.8, 4) is 0 Å². The van der Waals surface area contributed by atoms with Crippen molar-refractivity contribution in [1.82, 2.24) is 4.72 Å². The highest BCUT2D eigenvalue weighted by Crippen LogP contribution is 2.13. The molecule has 2 rings (SSSR count). The van der Waals surface area contributed by atoms with Gasteiger partial charge in [0.2, 0.25) is 10.0 Å². The Bertz CT molecular complexity index is 1040. The summed E-state index contributed by atoms with van der Waals surface area (Å²) in [7, 11) is -2.77. The van der Waals surface area contributed by atoms with Gasteiger partial charge in [0, 0.05) is 5.56 Å². The van der Waals surface area contributed by atoms with E-state index in [2.05, 4.69) is 4.74 Å². The molecule has 0 saturated heterocycles. The molecule has 0 saturated carbocycles. The van der Waals surface area contributed by atoms with Crippen LogP contribution in [-0.4, -0.2) is 39.3 Å². The minimum absolute atomic E-state index is 0.176. The zero-order valence-corrected chi connectivity index (χ0v) is 16.4. The van der Waals surface area contributed by atoms with E-state index >= 15 is 0 Å². The summed E-state index contributed by atoms with van der Waals surface area (Å²) in [4.78, 5) is 34.2. The van der Waals surface area contributed by atoms with Crippen LogP contribution in [0.1, 0.15) is 33.2 Å². The summed E-state index contributed by atoms with van der Waals surface area (Å²) < 4.78 is 30.8. The van der Waals surface area contributed by atoms with E-state index in [0.717, 1.165) is 6.92 Å². The number of hydrogen-bond donors (Lipinski definition) is 1. The maximum absolute atomic E-state index is 12.3. The van der Waals surface area contributed by atoms with Gasteiger partial charge in [-0.25, -0.2) is 17.9 Å². The van der Waals surface area contributed by atoms with Gasteiger partial charge in [0.15, 0.2) is 5.78 Å². The van der Waals surface area contributed by atoms with E-state index in [1.54, 1.807) is 30.3 Å². The standard InChI is InChI=1S/C20H19NO7S/c1-13(19(23)24)21-29(26,27)17-10-8-15(9-11-17)18(22)12-5-14-3-6-16(7-4-14)20(25)28-2/h3-13,21H,1-2H3,(H,23,24)/p-1/b12-5+/t13-/m0/s1. The van der Waals surface area contributed by atoms with E-state index in [0.29, 0.717) is 11.1 Å². The smallest absolute Gasteiger partial charge is 0.337 e. The maximum Gasteiger partial charge on any atom is 0.337 e. The number of nitrogens with one attached hydrogen (secondary N) is 1. The van der Waals surface area contributed by atoms with Crippen molar-refractivity contribution in [2.75, 3.05) is 7.11 Å². The fourth-order valence-corrected chi connectivity index (χ4v) is 3.46. The molecule has 8 nitrogen and oxygen atoms in total. The van der Waals surface area contributed by atoms with E-state index in [1.165, 1.54) is 37.5 Å². The van der Waals surface area contributed by atoms with E-state index in [9.17, 15) is 27.9 Å². The third kappa shape index (κ3) is 5.84. The highest BCUT2D eigenvalue weighted by Gasteiger charge is 2.18. The number of carbonyl (C=O) groups is 3. The Morgan fingerprint density at radius 3 is 2.07 bits per heavy atom. The second-order valence-electron chi connectivity index (χ2n) is 6.00. The number of esters is 1. The van der Waals surface area contributed by atoms with Gasteiger partial charge in [0.25, 0.3) is 0 Å². The first-order valence-corrected chi connectivity index (χ1v) is 9.86. The van der Waals surface area contributed by atoms with Gasteiger partial charge in [-0.3, -0.25) is 4.79 Å². The molecule has 29 heavy (non-hydrogen) atoms. The lowest BCUT2D eigenvalue weighted by Gasteiger charge is -2.14. The van der Waals surface area contributed by atoms with Crippen molar-refractivity contribution in [1.29, 1.82) is 0 Å². The second kappa shape index (κ2) is 9.26. The van der Waals surface area contributed by atoms with Crippen molar-refractivity contribution >= 4 is 33.8 Å². The van der Waals surface area contributed by atoms with Gasteiger partial charge in [0.05, 0.1) is 29.6 Å². The van der Waals surface area contributed by atoms with Crippen LogP contribution in [0.3, 0.4) is 0 Å². The molecule has 0 aliphatic rings. The first-order valence-electron chi connectivity index (χ1n) is 8.38. The van der Waals surface area contributed by atoms with Crippen LogP contribution in [-0.2, 0) is 19.6 Å². The maximum atomic E-state index is 12.3. The number of allylic oxidation sites excluding steroid dienone is 1. The average molecular weight is 416 g/mol. The molecule has 0 aliphatic carbocycles. The monoisotopic (exact) mass is 416 g/mol. The van der Waals surface area contributed by atoms with Gasteiger partial charge in [-0.15, -0.1) is 0 Å². The van der Waals surface area contributed by atoms with Crippen LogP contribution in [0.2, 0.25) is 0 Å². The molecule has 152 valence electrons. The lowest BCUT2D eigenvalue weighted by atomic mass is 10.1. The van der Waals surface area contributed by atoms with Crippen LogP contribution in [0.25, 0.3) is 6.08 Å². The van der Waals surface area contributed by atoms with E-state index in [-0.39, 0.29) is 16.2 Å². The lowest BCUT2D eigenvalue weighted by molar-refractivity contribution is -0.307. The fraction of sp³-hybridized carbons (Fsp3) is 0.150. The molecule has 0 radical (unpaired) electrons. The minimum Gasteiger partial charge on any atom is -0.548 e. The Kier molecular flexibility index (Phi) is 7.03. The largest absolute Gasteiger partial charge is 0.548 e. The molecule has 0 bridgehead atoms. The third-order valence-corrected chi connectivity index (χ3v) is 5.45. The van der Waals surface area contributed by atoms with Crippen molar-refractivity contribution in [3.63, 3.8) is 0 Å². The number of sulfonamides is 1. The molecule has 9 heteroatoms. The number of ketones is 1.